The number of rotatable bonds is 3. The summed E-state index contributed by atoms with van der Waals surface area (Å²) in [5.74, 6) is -0.383. The average Bonchev–Trinajstić information content (AvgIpc) is 2.75. The highest BCUT2D eigenvalue weighted by Crippen LogP contribution is 2.24. The molecule has 0 aliphatic rings. The fourth-order valence-corrected chi connectivity index (χ4v) is 1.72. The summed E-state index contributed by atoms with van der Waals surface area (Å²) in [6.07, 6.45) is 2.60. The van der Waals surface area contributed by atoms with Crippen LogP contribution in [0.25, 0.3) is 0 Å². The molecule has 1 aromatic carbocycles. The van der Waals surface area contributed by atoms with Crippen molar-refractivity contribution in [2.45, 2.75) is 12.5 Å². The zero-order valence-electron chi connectivity index (χ0n) is 8.36. The monoisotopic (exact) mass is 240 g/mol. The zero-order valence-corrected chi connectivity index (χ0v) is 9.12. The van der Waals surface area contributed by atoms with E-state index in [0.29, 0.717) is 22.6 Å². The Balaban J connectivity index is 2.15. The molecule has 16 heavy (non-hydrogen) atoms. The molecule has 0 amide bonds. The summed E-state index contributed by atoms with van der Waals surface area (Å²) in [5, 5.41) is 10.2. The molecule has 0 aliphatic carbocycles. The highest BCUT2D eigenvalue weighted by atomic mass is 35.5. The van der Waals surface area contributed by atoms with Crippen molar-refractivity contribution in [1.29, 1.82) is 0 Å². The van der Waals surface area contributed by atoms with Crippen LogP contribution in [-0.4, -0.2) is 5.11 Å². The standard InChI is InChI=1S/C12H10ClFO2/c13-11-6-10(14)2-1-8(11)5-12(15)9-3-4-16-7-9/h1-4,6-7,12,15H,5H2. The van der Waals surface area contributed by atoms with Gasteiger partial charge in [0, 0.05) is 17.0 Å². The van der Waals surface area contributed by atoms with Crippen molar-refractivity contribution >= 4 is 11.6 Å². The van der Waals surface area contributed by atoms with Gasteiger partial charge in [-0.25, -0.2) is 4.39 Å². The number of benzene rings is 1. The van der Waals surface area contributed by atoms with E-state index >= 15 is 0 Å². The second-order valence-corrected chi connectivity index (χ2v) is 3.92. The van der Waals surface area contributed by atoms with Crippen LogP contribution in [0.4, 0.5) is 4.39 Å². The van der Waals surface area contributed by atoms with E-state index in [4.69, 9.17) is 16.0 Å². The predicted molar refractivity (Wildman–Crippen MR) is 58.8 cm³/mol. The van der Waals surface area contributed by atoms with E-state index in [1.165, 1.54) is 24.7 Å². The number of hydrogen-bond donors (Lipinski definition) is 1. The highest BCUT2D eigenvalue weighted by molar-refractivity contribution is 6.31. The number of halogens is 2. The molecule has 0 bridgehead atoms. The molecule has 2 rings (SSSR count). The highest BCUT2D eigenvalue weighted by Gasteiger charge is 2.12. The van der Waals surface area contributed by atoms with Crippen molar-refractivity contribution in [1.82, 2.24) is 0 Å². The molecule has 4 heteroatoms. The Hall–Kier alpha value is -1.32. The summed E-state index contributed by atoms with van der Waals surface area (Å²) < 4.78 is 17.7. The van der Waals surface area contributed by atoms with Crippen molar-refractivity contribution in [3.63, 3.8) is 0 Å². The van der Waals surface area contributed by atoms with Gasteiger partial charge >= 0.3 is 0 Å². The van der Waals surface area contributed by atoms with Crippen molar-refractivity contribution < 1.29 is 13.9 Å². The fourth-order valence-electron chi connectivity index (χ4n) is 1.48. The molecule has 1 unspecified atom stereocenters. The molecule has 0 saturated carbocycles. The summed E-state index contributed by atoms with van der Waals surface area (Å²) in [6, 6.07) is 5.81. The Morgan fingerprint density at radius 1 is 1.38 bits per heavy atom. The SMILES string of the molecule is OC(Cc1ccc(F)cc1Cl)c1ccoc1. The van der Waals surface area contributed by atoms with E-state index in [0.717, 1.165) is 0 Å². The lowest BCUT2D eigenvalue weighted by Crippen LogP contribution is -2.01. The van der Waals surface area contributed by atoms with E-state index in [1.54, 1.807) is 12.1 Å². The summed E-state index contributed by atoms with van der Waals surface area (Å²) in [7, 11) is 0. The molecule has 0 aliphatic heterocycles. The smallest absolute Gasteiger partial charge is 0.124 e. The van der Waals surface area contributed by atoms with Crippen molar-refractivity contribution in [2.24, 2.45) is 0 Å². The van der Waals surface area contributed by atoms with Crippen LogP contribution < -0.4 is 0 Å². The van der Waals surface area contributed by atoms with Gasteiger partial charge in [0.15, 0.2) is 0 Å². The molecular weight excluding hydrogens is 231 g/mol. The molecule has 1 atom stereocenters. The van der Waals surface area contributed by atoms with Gasteiger partial charge in [-0.05, 0) is 23.8 Å². The van der Waals surface area contributed by atoms with Crippen LogP contribution in [0.15, 0.2) is 41.2 Å². The van der Waals surface area contributed by atoms with E-state index < -0.39 is 6.10 Å². The molecule has 1 N–H and O–H groups in total. The van der Waals surface area contributed by atoms with Gasteiger partial charge in [0.05, 0.1) is 18.6 Å². The number of hydrogen-bond acceptors (Lipinski definition) is 2. The molecule has 0 spiro atoms. The normalized spacial score (nSPS) is 12.7. The maximum Gasteiger partial charge on any atom is 0.124 e. The first-order chi connectivity index (χ1) is 7.66. The van der Waals surface area contributed by atoms with Crippen LogP contribution in [0.3, 0.4) is 0 Å². The second-order valence-electron chi connectivity index (χ2n) is 3.51. The minimum absolute atomic E-state index is 0.322. The minimum atomic E-state index is -0.693. The lowest BCUT2D eigenvalue weighted by atomic mass is 10.0. The van der Waals surface area contributed by atoms with Gasteiger partial charge in [0.2, 0.25) is 0 Å². The van der Waals surface area contributed by atoms with E-state index in [2.05, 4.69) is 0 Å². The maximum absolute atomic E-state index is 12.8. The third-order valence-electron chi connectivity index (χ3n) is 2.36. The largest absolute Gasteiger partial charge is 0.472 e. The first-order valence-corrected chi connectivity index (χ1v) is 5.18. The Kier molecular flexibility index (Phi) is 3.27. The van der Waals surface area contributed by atoms with Crippen LogP contribution in [0.5, 0.6) is 0 Å². The molecule has 0 radical (unpaired) electrons. The quantitative estimate of drug-likeness (QED) is 0.893. The number of furan rings is 1. The summed E-state index contributed by atoms with van der Waals surface area (Å²) in [6.45, 7) is 0. The summed E-state index contributed by atoms with van der Waals surface area (Å²) >= 11 is 5.86. The maximum atomic E-state index is 12.8. The van der Waals surface area contributed by atoms with E-state index in [9.17, 15) is 9.50 Å². The molecule has 1 aromatic heterocycles. The molecule has 1 heterocycles. The van der Waals surface area contributed by atoms with Crippen molar-refractivity contribution in [3.8, 4) is 0 Å². The molecule has 2 nitrogen and oxygen atoms in total. The lowest BCUT2D eigenvalue weighted by Gasteiger charge is -2.09. The number of aliphatic hydroxyl groups is 1. The van der Waals surface area contributed by atoms with E-state index in [-0.39, 0.29) is 5.82 Å². The van der Waals surface area contributed by atoms with Crippen LogP contribution in [0, 0.1) is 5.82 Å². The van der Waals surface area contributed by atoms with Gasteiger partial charge in [-0.3, -0.25) is 0 Å². The Morgan fingerprint density at radius 2 is 2.19 bits per heavy atom. The Bertz CT molecular complexity index is 468. The third kappa shape index (κ3) is 2.43. The van der Waals surface area contributed by atoms with Gasteiger partial charge in [0.25, 0.3) is 0 Å². The Morgan fingerprint density at radius 3 is 2.81 bits per heavy atom. The average molecular weight is 241 g/mol. The van der Waals surface area contributed by atoms with Crippen LogP contribution in [0.2, 0.25) is 5.02 Å². The molecule has 84 valence electrons. The van der Waals surface area contributed by atoms with Crippen LogP contribution in [0.1, 0.15) is 17.2 Å². The van der Waals surface area contributed by atoms with E-state index in [1.807, 2.05) is 0 Å². The number of aliphatic hydroxyl groups excluding tert-OH is 1. The molecule has 0 saturated heterocycles. The fraction of sp³-hybridized carbons (Fsp3) is 0.167. The second kappa shape index (κ2) is 4.68. The van der Waals surface area contributed by atoms with Crippen molar-refractivity contribution in [3.05, 3.63) is 58.8 Å². The van der Waals surface area contributed by atoms with Gasteiger partial charge in [-0.15, -0.1) is 0 Å². The first kappa shape index (κ1) is 11.2. The van der Waals surface area contributed by atoms with Crippen LogP contribution >= 0.6 is 11.6 Å². The van der Waals surface area contributed by atoms with Crippen molar-refractivity contribution in [2.75, 3.05) is 0 Å². The summed E-state index contributed by atoms with van der Waals surface area (Å²) in [5.41, 5.74) is 1.39. The predicted octanol–water partition coefficient (Wildman–Crippen LogP) is 3.35. The zero-order chi connectivity index (χ0) is 11.5. The minimum Gasteiger partial charge on any atom is -0.472 e. The summed E-state index contributed by atoms with van der Waals surface area (Å²) in [4.78, 5) is 0. The van der Waals surface area contributed by atoms with Gasteiger partial charge < -0.3 is 9.52 Å². The van der Waals surface area contributed by atoms with Gasteiger partial charge in [0.1, 0.15) is 5.82 Å². The molecular formula is C12H10ClFO2. The molecule has 2 aromatic rings. The van der Waals surface area contributed by atoms with Gasteiger partial charge in [-0.2, -0.15) is 0 Å². The lowest BCUT2D eigenvalue weighted by molar-refractivity contribution is 0.177. The topological polar surface area (TPSA) is 33.4 Å². The third-order valence-corrected chi connectivity index (χ3v) is 2.71. The first-order valence-electron chi connectivity index (χ1n) is 4.81. The van der Waals surface area contributed by atoms with Gasteiger partial charge in [-0.1, -0.05) is 17.7 Å². The Labute approximate surface area is 97.3 Å². The van der Waals surface area contributed by atoms with Crippen LogP contribution in [-0.2, 0) is 6.42 Å². The molecule has 0 fully saturated rings.